The van der Waals surface area contributed by atoms with E-state index in [0.717, 1.165) is 16.1 Å². The number of sulfonamides is 1. The Labute approximate surface area is 196 Å². The molecule has 0 bridgehead atoms. The molecule has 1 aliphatic heterocycles. The Hall–Kier alpha value is -2.33. The lowest BCUT2D eigenvalue weighted by atomic mass is 9.99. The van der Waals surface area contributed by atoms with E-state index < -0.39 is 10.0 Å². The number of rotatable bonds is 5. The number of aromatic nitrogens is 2. The molecule has 0 saturated carbocycles. The van der Waals surface area contributed by atoms with Gasteiger partial charge in [-0.15, -0.1) is 10.2 Å². The number of aryl methyl sites for hydroxylation is 2. The Kier molecular flexibility index (Phi) is 6.62. The third-order valence-corrected chi connectivity index (χ3v) is 8.84. The number of hydrogen-bond acceptors (Lipinski definition) is 6. The highest BCUT2D eigenvalue weighted by Gasteiger charge is 2.32. The van der Waals surface area contributed by atoms with E-state index in [1.165, 1.54) is 11.3 Å². The molecule has 168 valence electrons. The number of carbonyl (C=O) groups is 1. The van der Waals surface area contributed by atoms with Gasteiger partial charge in [-0.25, -0.2) is 8.42 Å². The maximum atomic E-state index is 13.1. The normalized spacial score (nSPS) is 15.6. The summed E-state index contributed by atoms with van der Waals surface area (Å²) in [6.07, 6.45) is 1.27. The van der Waals surface area contributed by atoms with E-state index in [4.69, 9.17) is 11.6 Å². The molecule has 2 aromatic carbocycles. The standard InChI is InChI=1S/C22H23ClN4O3S2/c1-14-6-7-15(2)19(12-14)32(29,30)27-10-8-16(9-11-27)21-25-26-22(31-21)20(28)24-18-5-3-4-17(23)13-18/h3-7,12-13,16H,8-11H2,1-2H3,(H,24,28). The van der Waals surface area contributed by atoms with Crippen LogP contribution in [0.2, 0.25) is 5.02 Å². The first kappa shape index (κ1) is 22.8. The van der Waals surface area contributed by atoms with E-state index >= 15 is 0 Å². The van der Waals surface area contributed by atoms with Crippen LogP contribution >= 0.6 is 22.9 Å². The lowest BCUT2D eigenvalue weighted by Crippen LogP contribution is -2.38. The summed E-state index contributed by atoms with van der Waals surface area (Å²) in [6.45, 7) is 4.52. The Morgan fingerprint density at radius 2 is 1.88 bits per heavy atom. The largest absolute Gasteiger partial charge is 0.320 e. The second kappa shape index (κ2) is 9.27. The zero-order chi connectivity index (χ0) is 22.9. The molecule has 0 aliphatic carbocycles. The highest BCUT2D eigenvalue weighted by molar-refractivity contribution is 7.89. The van der Waals surface area contributed by atoms with Crippen molar-refractivity contribution < 1.29 is 13.2 Å². The van der Waals surface area contributed by atoms with Gasteiger partial charge in [-0.05, 0) is 62.1 Å². The smallest absolute Gasteiger partial charge is 0.286 e. The van der Waals surface area contributed by atoms with E-state index in [1.807, 2.05) is 26.0 Å². The van der Waals surface area contributed by atoms with Crippen LogP contribution in [0, 0.1) is 13.8 Å². The Bertz CT molecular complexity index is 1250. The number of piperidine rings is 1. The molecule has 0 atom stereocenters. The highest BCUT2D eigenvalue weighted by atomic mass is 35.5. The highest BCUT2D eigenvalue weighted by Crippen LogP contribution is 2.33. The number of carbonyl (C=O) groups excluding carboxylic acids is 1. The molecule has 7 nitrogen and oxygen atoms in total. The van der Waals surface area contributed by atoms with Gasteiger partial charge in [0.1, 0.15) is 5.01 Å². The van der Waals surface area contributed by atoms with Crippen LogP contribution in [-0.2, 0) is 10.0 Å². The number of anilines is 1. The minimum Gasteiger partial charge on any atom is -0.320 e. The van der Waals surface area contributed by atoms with Gasteiger partial charge in [-0.3, -0.25) is 4.79 Å². The van der Waals surface area contributed by atoms with Crippen molar-refractivity contribution >= 4 is 44.6 Å². The molecule has 4 rings (SSSR count). The minimum absolute atomic E-state index is 0.0743. The van der Waals surface area contributed by atoms with E-state index in [9.17, 15) is 13.2 Å². The zero-order valence-corrected chi connectivity index (χ0v) is 20.1. The van der Waals surface area contributed by atoms with Crippen molar-refractivity contribution in [3.05, 3.63) is 68.6 Å². The fraction of sp³-hybridized carbons (Fsp3) is 0.318. The Morgan fingerprint density at radius 3 is 2.59 bits per heavy atom. The van der Waals surface area contributed by atoms with Gasteiger partial charge in [-0.2, -0.15) is 4.31 Å². The fourth-order valence-corrected chi connectivity index (χ4v) is 6.59. The van der Waals surface area contributed by atoms with E-state index in [-0.39, 0.29) is 16.8 Å². The van der Waals surface area contributed by atoms with Gasteiger partial charge in [0.25, 0.3) is 5.91 Å². The van der Waals surface area contributed by atoms with Crippen molar-refractivity contribution in [1.82, 2.24) is 14.5 Å². The van der Waals surface area contributed by atoms with Gasteiger partial charge < -0.3 is 5.32 Å². The van der Waals surface area contributed by atoms with Crippen LogP contribution in [0.5, 0.6) is 0 Å². The van der Waals surface area contributed by atoms with Gasteiger partial charge in [0.2, 0.25) is 15.0 Å². The molecule has 1 saturated heterocycles. The molecule has 0 spiro atoms. The molecule has 10 heteroatoms. The number of amides is 1. The van der Waals surface area contributed by atoms with Crippen LogP contribution in [0.15, 0.2) is 47.4 Å². The molecular formula is C22H23ClN4O3S2. The zero-order valence-electron chi connectivity index (χ0n) is 17.7. The summed E-state index contributed by atoms with van der Waals surface area (Å²) < 4.78 is 27.8. The van der Waals surface area contributed by atoms with Crippen LogP contribution in [-0.4, -0.2) is 41.9 Å². The molecule has 1 N–H and O–H groups in total. The van der Waals surface area contributed by atoms with Crippen molar-refractivity contribution in [3.63, 3.8) is 0 Å². The first-order valence-corrected chi connectivity index (χ1v) is 12.9. The van der Waals surface area contributed by atoms with Crippen molar-refractivity contribution in [2.45, 2.75) is 37.5 Å². The van der Waals surface area contributed by atoms with E-state index in [1.54, 1.807) is 34.6 Å². The average Bonchev–Trinajstić information content (AvgIpc) is 3.26. The number of nitrogens with zero attached hydrogens (tertiary/aromatic N) is 3. The molecule has 0 radical (unpaired) electrons. The fourth-order valence-electron chi connectivity index (χ4n) is 3.71. The number of halogens is 1. The van der Waals surface area contributed by atoms with Crippen LogP contribution in [0.3, 0.4) is 0 Å². The van der Waals surface area contributed by atoms with E-state index in [2.05, 4.69) is 15.5 Å². The van der Waals surface area contributed by atoms with Gasteiger partial charge in [-0.1, -0.05) is 41.1 Å². The first-order valence-electron chi connectivity index (χ1n) is 10.2. The topological polar surface area (TPSA) is 92.3 Å². The quantitative estimate of drug-likeness (QED) is 0.563. The Balaban J connectivity index is 1.41. The van der Waals surface area contributed by atoms with Gasteiger partial charge in [0.15, 0.2) is 0 Å². The summed E-state index contributed by atoms with van der Waals surface area (Å²) >= 11 is 7.20. The maximum Gasteiger partial charge on any atom is 0.286 e. The van der Waals surface area contributed by atoms with Gasteiger partial charge >= 0.3 is 0 Å². The molecule has 3 aromatic rings. The summed E-state index contributed by atoms with van der Waals surface area (Å²) in [6, 6.07) is 12.4. The maximum absolute atomic E-state index is 13.1. The summed E-state index contributed by atoms with van der Waals surface area (Å²) in [5, 5.41) is 12.6. The van der Waals surface area contributed by atoms with Crippen molar-refractivity contribution in [2.24, 2.45) is 0 Å². The summed E-state index contributed by atoms with van der Waals surface area (Å²) in [5.74, 6) is -0.267. The molecule has 1 amide bonds. The second-order valence-electron chi connectivity index (χ2n) is 7.86. The minimum atomic E-state index is -3.54. The van der Waals surface area contributed by atoms with Crippen LogP contribution in [0.1, 0.15) is 44.7 Å². The molecule has 1 aromatic heterocycles. The lowest BCUT2D eigenvalue weighted by molar-refractivity contribution is 0.102. The first-order chi connectivity index (χ1) is 15.2. The number of benzene rings is 2. The predicted octanol–water partition coefficient (Wildman–Crippen LogP) is 4.63. The third-order valence-electron chi connectivity index (χ3n) is 5.48. The molecule has 32 heavy (non-hydrogen) atoms. The van der Waals surface area contributed by atoms with E-state index in [0.29, 0.717) is 41.5 Å². The number of hydrogen-bond donors (Lipinski definition) is 1. The number of nitrogens with one attached hydrogen (secondary N) is 1. The monoisotopic (exact) mass is 490 g/mol. The molecule has 1 aliphatic rings. The summed E-state index contributed by atoms with van der Waals surface area (Å²) in [4.78, 5) is 12.9. The lowest BCUT2D eigenvalue weighted by Gasteiger charge is -2.30. The third kappa shape index (κ3) is 4.85. The summed E-state index contributed by atoms with van der Waals surface area (Å²) in [7, 11) is -3.54. The average molecular weight is 491 g/mol. The SMILES string of the molecule is Cc1ccc(C)c(S(=O)(=O)N2CCC(c3nnc(C(=O)Nc4cccc(Cl)c4)s3)CC2)c1. The predicted molar refractivity (Wildman–Crippen MR) is 126 cm³/mol. The van der Waals surface area contributed by atoms with Crippen molar-refractivity contribution in [1.29, 1.82) is 0 Å². The van der Waals surface area contributed by atoms with Gasteiger partial charge in [0, 0.05) is 29.7 Å². The van der Waals surface area contributed by atoms with Crippen LogP contribution in [0.25, 0.3) is 0 Å². The molecule has 1 fully saturated rings. The molecule has 0 unspecified atom stereocenters. The van der Waals surface area contributed by atoms with Crippen LogP contribution in [0.4, 0.5) is 5.69 Å². The van der Waals surface area contributed by atoms with Crippen LogP contribution < -0.4 is 5.32 Å². The van der Waals surface area contributed by atoms with Gasteiger partial charge in [0.05, 0.1) is 4.90 Å². The molecule has 2 heterocycles. The Morgan fingerprint density at radius 1 is 1.12 bits per heavy atom. The summed E-state index contributed by atoms with van der Waals surface area (Å²) in [5.41, 5.74) is 2.25. The second-order valence-corrected chi connectivity index (χ2v) is 11.2. The molecular weight excluding hydrogens is 468 g/mol. The van der Waals surface area contributed by atoms with Crippen molar-refractivity contribution in [3.8, 4) is 0 Å². The van der Waals surface area contributed by atoms with Crippen molar-refractivity contribution in [2.75, 3.05) is 18.4 Å².